The molecule has 4 nitrogen and oxygen atoms in total. The zero-order valence-corrected chi connectivity index (χ0v) is 15.3. The molecule has 0 saturated heterocycles. The second kappa shape index (κ2) is 7.90. The smallest absolute Gasteiger partial charge is 0.337 e. The highest BCUT2D eigenvalue weighted by Gasteiger charge is 2.37. The van der Waals surface area contributed by atoms with Crippen molar-refractivity contribution in [1.29, 1.82) is 0 Å². The lowest BCUT2D eigenvalue weighted by molar-refractivity contribution is 0.0600. The third-order valence-corrected chi connectivity index (χ3v) is 7.95. The summed E-state index contributed by atoms with van der Waals surface area (Å²) < 4.78 is 10.3. The minimum atomic E-state index is -2.13. The predicted molar refractivity (Wildman–Crippen MR) is 90.4 cm³/mol. The molecule has 1 aromatic rings. The molecule has 0 aliphatic rings. The van der Waals surface area contributed by atoms with Crippen molar-refractivity contribution in [3.63, 3.8) is 0 Å². The zero-order valence-electron chi connectivity index (χ0n) is 14.3. The number of hydrogen-bond donors (Lipinski definition) is 1. The number of methoxy groups -OCH3 is 1. The third kappa shape index (κ3) is 5.55. The molecule has 0 amide bonds. The Morgan fingerprint density at radius 1 is 1.23 bits per heavy atom. The molecule has 0 spiro atoms. The first-order valence-electron chi connectivity index (χ1n) is 7.65. The Kier molecular flexibility index (Phi) is 6.78. The van der Waals surface area contributed by atoms with E-state index in [-0.39, 0.29) is 11.0 Å². The van der Waals surface area contributed by atoms with E-state index in [1.54, 1.807) is 12.1 Å². The molecule has 0 fully saturated rings. The lowest BCUT2D eigenvalue weighted by Gasteiger charge is -2.35. The Balaban J connectivity index is 2.32. The summed E-state index contributed by atoms with van der Waals surface area (Å²) in [6.07, 6.45) is 1.90. The molecule has 0 saturated carbocycles. The van der Waals surface area contributed by atoms with Crippen LogP contribution in [0, 0.1) is 0 Å². The maximum Gasteiger partial charge on any atom is 0.337 e. The average Bonchev–Trinajstić information content (AvgIpc) is 2.45. The van der Waals surface area contributed by atoms with Crippen molar-refractivity contribution in [2.75, 3.05) is 13.7 Å². The Bertz CT molecular complexity index is 474. The van der Waals surface area contributed by atoms with Gasteiger partial charge in [-0.1, -0.05) is 26.0 Å². The van der Waals surface area contributed by atoms with Crippen molar-refractivity contribution in [2.24, 2.45) is 0 Å². The topological polar surface area (TPSA) is 55.8 Å². The fraction of sp³-hybridized carbons (Fsp3) is 0.588. The van der Waals surface area contributed by atoms with Gasteiger partial charge in [0, 0.05) is 6.61 Å². The average molecular weight is 324 g/mol. The van der Waals surface area contributed by atoms with Gasteiger partial charge >= 0.3 is 5.97 Å². The quantitative estimate of drug-likeness (QED) is 0.449. The van der Waals surface area contributed by atoms with E-state index in [0.717, 1.165) is 18.4 Å². The maximum atomic E-state index is 11.3. The minimum Gasteiger partial charge on any atom is -0.465 e. The summed E-state index contributed by atoms with van der Waals surface area (Å²) in [7, 11) is -0.757. The molecule has 0 aliphatic carbocycles. The van der Waals surface area contributed by atoms with Crippen LogP contribution in [0.3, 0.4) is 0 Å². The van der Waals surface area contributed by atoms with Crippen LogP contribution in [-0.2, 0) is 16.1 Å². The molecule has 5 heteroatoms. The summed E-state index contributed by atoms with van der Waals surface area (Å²) in [5.41, 5.74) is 1.58. The maximum absolute atomic E-state index is 11.3. The van der Waals surface area contributed by atoms with E-state index < -0.39 is 8.32 Å². The van der Waals surface area contributed by atoms with Crippen LogP contribution in [0.25, 0.3) is 0 Å². The van der Waals surface area contributed by atoms with Crippen LogP contribution >= 0.6 is 0 Å². The highest BCUT2D eigenvalue weighted by molar-refractivity contribution is 6.72. The molecule has 0 heterocycles. The summed E-state index contributed by atoms with van der Waals surface area (Å²) in [6, 6.07) is 7.24. The molecular weight excluding hydrogens is 296 g/mol. The van der Waals surface area contributed by atoms with Crippen LogP contribution in [0.4, 0.5) is 0 Å². The largest absolute Gasteiger partial charge is 0.465 e. The lowest BCUT2D eigenvalue weighted by Crippen LogP contribution is -2.39. The van der Waals surface area contributed by atoms with Gasteiger partial charge in [0.05, 0.1) is 19.3 Å². The van der Waals surface area contributed by atoms with Crippen molar-refractivity contribution in [3.05, 3.63) is 35.4 Å². The lowest BCUT2D eigenvalue weighted by atomic mass is 10.1. The number of carbonyl (C=O) groups is 1. The number of rotatable bonds is 8. The van der Waals surface area contributed by atoms with Gasteiger partial charge < -0.3 is 14.3 Å². The van der Waals surface area contributed by atoms with Gasteiger partial charge in [-0.15, -0.1) is 0 Å². The van der Waals surface area contributed by atoms with Crippen LogP contribution < -0.4 is 0 Å². The van der Waals surface area contributed by atoms with Gasteiger partial charge in [0.25, 0.3) is 0 Å². The van der Waals surface area contributed by atoms with Crippen molar-refractivity contribution >= 4 is 14.3 Å². The number of ether oxygens (including phenoxy) is 2. The summed E-state index contributed by atoms with van der Waals surface area (Å²) >= 11 is 0. The Labute approximate surface area is 134 Å². The number of esters is 1. The van der Waals surface area contributed by atoms with Gasteiger partial charge in [0.2, 0.25) is 0 Å². The van der Waals surface area contributed by atoms with Gasteiger partial charge in [-0.3, -0.25) is 0 Å². The molecule has 124 valence electrons. The van der Waals surface area contributed by atoms with Gasteiger partial charge in [0.1, 0.15) is 0 Å². The Morgan fingerprint density at radius 3 is 2.32 bits per heavy atom. The standard InChI is InChI=1S/C17H28O4Si/c1-17(2,22(4,5)19)11-6-12-21-13-14-7-9-15(10-8-14)16(18)20-3/h7-10,19H,6,11-13H2,1-5H3. The normalized spacial score (nSPS) is 12.3. The van der Waals surface area contributed by atoms with E-state index in [1.807, 2.05) is 25.2 Å². The molecular formula is C17H28O4Si. The van der Waals surface area contributed by atoms with Gasteiger partial charge in [-0.05, 0) is 48.7 Å². The van der Waals surface area contributed by atoms with E-state index in [4.69, 9.17) is 4.74 Å². The van der Waals surface area contributed by atoms with Gasteiger partial charge in [-0.2, -0.15) is 0 Å². The number of benzene rings is 1. The zero-order chi connectivity index (χ0) is 16.8. The molecule has 22 heavy (non-hydrogen) atoms. The van der Waals surface area contributed by atoms with Crippen molar-refractivity contribution in [2.45, 2.75) is 51.4 Å². The van der Waals surface area contributed by atoms with Crippen molar-refractivity contribution in [1.82, 2.24) is 0 Å². The highest BCUT2D eigenvalue weighted by Crippen LogP contribution is 2.39. The molecule has 1 aromatic carbocycles. The molecule has 0 aromatic heterocycles. The summed E-state index contributed by atoms with van der Waals surface area (Å²) in [4.78, 5) is 21.6. The second-order valence-corrected chi connectivity index (χ2v) is 11.3. The first-order chi connectivity index (χ1) is 10.2. The predicted octanol–water partition coefficient (Wildman–Crippen LogP) is 3.75. The fourth-order valence-corrected chi connectivity index (χ4v) is 2.76. The van der Waals surface area contributed by atoms with Crippen LogP contribution in [-0.4, -0.2) is 32.8 Å². The van der Waals surface area contributed by atoms with Crippen molar-refractivity contribution in [3.8, 4) is 0 Å². The second-order valence-electron chi connectivity index (χ2n) is 6.79. The van der Waals surface area contributed by atoms with Gasteiger partial charge in [-0.25, -0.2) is 4.79 Å². The monoisotopic (exact) mass is 324 g/mol. The molecule has 0 aliphatic heterocycles. The molecule has 0 bridgehead atoms. The molecule has 0 unspecified atom stereocenters. The Morgan fingerprint density at radius 2 is 1.82 bits per heavy atom. The van der Waals surface area contributed by atoms with Crippen LogP contribution in [0.15, 0.2) is 24.3 Å². The summed E-state index contributed by atoms with van der Waals surface area (Å²) in [6.45, 7) is 9.43. The SMILES string of the molecule is COC(=O)c1ccc(COCCCC(C)(C)[Si](C)(C)O)cc1. The molecule has 1 N–H and O–H groups in total. The Hall–Kier alpha value is -1.17. The minimum absolute atomic E-state index is 0.00147. The number of carbonyl (C=O) groups excluding carboxylic acids is 1. The van der Waals surface area contributed by atoms with Crippen LogP contribution in [0.1, 0.15) is 42.6 Å². The first kappa shape index (κ1) is 18.9. The van der Waals surface area contributed by atoms with E-state index in [9.17, 15) is 9.59 Å². The third-order valence-electron chi connectivity index (χ3n) is 4.39. The van der Waals surface area contributed by atoms with E-state index >= 15 is 0 Å². The van der Waals surface area contributed by atoms with Crippen LogP contribution in [0.5, 0.6) is 0 Å². The molecule has 0 radical (unpaired) electrons. The van der Waals surface area contributed by atoms with E-state index in [2.05, 4.69) is 18.6 Å². The van der Waals surface area contributed by atoms with Crippen LogP contribution in [0.2, 0.25) is 18.1 Å². The van der Waals surface area contributed by atoms with Gasteiger partial charge in [0.15, 0.2) is 8.32 Å². The van der Waals surface area contributed by atoms with E-state index in [0.29, 0.717) is 18.8 Å². The first-order valence-corrected chi connectivity index (χ1v) is 10.6. The van der Waals surface area contributed by atoms with E-state index in [1.165, 1.54) is 7.11 Å². The summed E-state index contributed by atoms with van der Waals surface area (Å²) in [5.74, 6) is -0.328. The number of hydrogen-bond acceptors (Lipinski definition) is 4. The summed E-state index contributed by atoms with van der Waals surface area (Å²) in [5, 5.41) is -0.00147. The van der Waals surface area contributed by atoms with Crippen molar-refractivity contribution < 1.29 is 19.1 Å². The fourth-order valence-electron chi connectivity index (χ4n) is 1.97. The molecule has 0 atom stereocenters. The highest BCUT2D eigenvalue weighted by atomic mass is 28.4. The molecule has 1 rings (SSSR count).